The predicted molar refractivity (Wildman–Crippen MR) is 101 cm³/mol. The van der Waals surface area contributed by atoms with Crippen LogP contribution in [-0.2, 0) is 15.9 Å². The number of amides is 1. The molecule has 3 rings (SSSR count). The second-order valence-corrected chi connectivity index (χ2v) is 7.28. The zero-order valence-electron chi connectivity index (χ0n) is 15.9. The summed E-state index contributed by atoms with van der Waals surface area (Å²) in [6.45, 7) is 2.62. The van der Waals surface area contributed by atoms with Crippen molar-refractivity contribution in [1.29, 1.82) is 0 Å². The van der Waals surface area contributed by atoms with Crippen LogP contribution in [0.25, 0.3) is 0 Å². The summed E-state index contributed by atoms with van der Waals surface area (Å²) in [5, 5.41) is 16.3. The number of nitrogens with one attached hydrogen (secondary N) is 2. The minimum absolute atomic E-state index is 0.116. The van der Waals surface area contributed by atoms with Crippen LogP contribution in [0.3, 0.4) is 0 Å². The number of carbonyl (C=O) groups excluding carboxylic acids is 1. The molecule has 0 unspecified atom stereocenters. The van der Waals surface area contributed by atoms with Crippen molar-refractivity contribution >= 4 is 6.09 Å². The van der Waals surface area contributed by atoms with Gasteiger partial charge in [-0.1, -0.05) is 12.1 Å². The van der Waals surface area contributed by atoms with Gasteiger partial charge in [0.25, 0.3) is 0 Å². The lowest BCUT2D eigenvalue weighted by molar-refractivity contribution is 0.0184. The number of hydrogen-bond donors (Lipinski definition) is 3. The average molecular weight is 378 g/mol. The third-order valence-electron chi connectivity index (χ3n) is 5.39. The normalized spacial score (nSPS) is 25.9. The number of hydrogen-bond acceptors (Lipinski definition) is 6. The fraction of sp³-hybridized carbons (Fsp3) is 0.650. The Hall–Kier alpha value is -1.83. The van der Waals surface area contributed by atoms with Gasteiger partial charge in [-0.25, -0.2) is 4.79 Å². The second kappa shape index (κ2) is 9.92. The highest BCUT2D eigenvalue weighted by molar-refractivity contribution is 5.67. The first-order valence-corrected chi connectivity index (χ1v) is 9.72. The summed E-state index contributed by atoms with van der Waals surface area (Å²) in [6, 6.07) is 7.65. The molecule has 150 valence electrons. The number of aliphatic hydroxyl groups is 1. The van der Waals surface area contributed by atoms with Gasteiger partial charge in [0, 0.05) is 26.3 Å². The van der Waals surface area contributed by atoms with Crippen molar-refractivity contribution < 1.29 is 24.1 Å². The van der Waals surface area contributed by atoms with Gasteiger partial charge in [0.05, 0.1) is 13.2 Å². The lowest BCUT2D eigenvalue weighted by Gasteiger charge is -2.24. The highest BCUT2D eigenvalue weighted by atomic mass is 16.6. The molecule has 1 amide bonds. The summed E-state index contributed by atoms with van der Waals surface area (Å²) in [5.41, 5.74) is 1.09. The van der Waals surface area contributed by atoms with Gasteiger partial charge in [-0.2, -0.15) is 0 Å². The lowest BCUT2D eigenvalue weighted by atomic mass is 9.97. The molecule has 2 aliphatic rings. The molecule has 2 saturated heterocycles. The summed E-state index contributed by atoms with van der Waals surface area (Å²) < 4.78 is 16.0. The van der Waals surface area contributed by atoms with Gasteiger partial charge >= 0.3 is 6.09 Å². The standard InChI is InChI=1S/C20H30N2O5/c1-25-16-4-2-15(3-5-16)12-17-19(18(23)13-22-17)27-20(24)21-9-6-14-7-10-26-11-8-14/h2-5,14,17-19,22-23H,6-13H2,1H3,(H,21,24)/t17-,18+,19+/m1/s1. The van der Waals surface area contributed by atoms with Crippen LogP contribution >= 0.6 is 0 Å². The van der Waals surface area contributed by atoms with E-state index in [0.717, 1.165) is 43.8 Å². The summed E-state index contributed by atoms with van der Waals surface area (Å²) in [7, 11) is 1.63. The Balaban J connectivity index is 1.45. The monoisotopic (exact) mass is 378 g/mol. The number of ether oxygens (including phenoxy) is 3. The Bertz CT molecular complexity index is 589. The van der Waals surface area contributed by atoms with Crippen molar-refractivity contribution in [3.8, 4) is 5.75 Å². The van der Waals surface area contributed by atoms with Crippen molar-refractivity contribution in [3.63, 3.8) is 0 Å². The maximum atomic E-state index is 12.2. The quantitative estimate of drug-likeness (QED) is 0.666. The van der Waals surface area contributed by atoms with Crippen LogP contribution in [0.2, 0.25) is 0 Å². The number of methoxy groups -OCH3 is 1. The van der Waals surface area contributed by atoms with E-state index in [-0.39, 0.29) is 6.04 Å². The number of carbonyl (C=O) groups is 1. The first kappa shape index (κ1) is 19.9. The average Bonchev–Trinajstić information content (AvgIpc) is 3.03. The smallest absolute Gasteiger partial charge is 0.407 e. The van der Waals surface area contributed by atoms with E-state index in [1.165, 1.54) is 0 Å². The van der Waals surface area contributed by atoms with Gasteiger partial charge < -0.3 is 30.0 Å². The molecule has 2 aliphatic heterocycles. The van der Waals surface area contributed by atoms with Crippen molar-refractivity contribution in [2.45, 2.75) is 43.9 Å². The maximum Gasteiger partial charge on any atom is 0.407 e. The SMILES string of the molecule is COc1ccc(C[C@H]2NC[C@H](O)[C@H]2OC(=O)NCCC2CCOCC2)cc1. The van der Waals surface area contributed by atoms with E-state index in [0.29, 0.717) is 25.4 Å². The summed E-state index contributed by atoms with van der Waals surface area (Å²) >= 11 is 0. The molecule has 0 saturated carbocycles. The lowest BCUT2D eigenvalue weighted by Crippen LogP contribution is -2.41. The molecule has 1 aromatic rings. The van der Waals surface area contributed by atoms with Crippen molar-refractivity contribution in [2.24, 2.45) is 5.92 Å². The number of aliphatic hydroxyl groups excluding tert-OH is 1. The van der Waals surface area contributed by atoms with Crippen LogP contribution in [-0.4, -0.2) is 62.9 Å². The molecule has 0 spiro atoms. The van der Waals surface area contributed by atoms with E-state index in [1.54, 1.807) is 7.11 Å². The molecule has 3 N–H and O–H groups in total. The molecule has 3 atom stereocenters. The molecular formula is C20H30N2O5. The van der Waals surface area contributed by atoms with E-state index in [4.69, 9.17) is 14.2 Å². The van der Waals surface area contributed by atoms with Gasteiger partial charge in [0.1, 0.15) is 18.0 Å². The van der Waals surface area contributed by atoms with E-state index in [9.17, 15) is 9.90 Å². The number of β-amino-alcohol motifs (C(OH)–C–C–N with tert-alkyl or cyclic N) is 1. The van der Waals surface area contributed by atoms with Crippen molar-refractivity contribution in [1.82, 2.24) is 10.6 Å². The van der Waals surface area contributed by atoms with Gasteiger partial charge in [-0.05, 0) is 49.3 Å². The highest BCUT2D eigenvalue weighted by Crippen LogP contribution is 2.20. The van der Waals surface area contributed by atoms with E-state index >= 15 is 0 Å². The molecule has 7 nitrogen and oxygen atoms in total. The topological polar surface area (TPSA) is 89.0 Å². The van der Waals surface area contributed by atoms with E-state index in [2.05, 4.69) is 10.6 Å². The van der Waals surface area contributed by atoms with Crippen LogP contribution in [0.4, 0.5) is 4.79 Å². The minimum Gasteiger partial charge on any atom is -0.497 e. The Kier molecular flexibility index (Phi) is 7.32. The molecule has 0 aliphatic carbocycles. The third-order valence-corrected chi connectivity index (χ3v) is 5.39. The van der Waals surface area contributed by atoms with Gasteiger partial charge in [-0.3, -0.25) is 0 Å². The summed E-state index contributed by atoms with van der Waals surface area (Å²) in [4.78, 5) is 12.2. The summed E-state index contributed by atoms with van der Waals surface area (Å²) in [5.74, 6) is 1.40. The van der Waals surface area contributed by atoms with Crippen LogP contribution in [0.5, 0.6) is 5.75 Å². The first-order chi connectivity index (χ1) is 13.2. The Labute approximate surface area is 160 Å². The molecule has 2 heterocycles. The van der Waals surface area contributed by atoms with Crippen molar-refractivity contribution in [3.05, 3.63) is 29.8 Å². The predicted octanol–water partition coefficient (Wildman–Crippen LogP) is 1.48. The van der Waals surface area contributed by atoms with Gasteiger partial charge in [0.2, 0.25) is 0 Å². The Morgan fingerprint density at radius 1 is 1.30 bits per heavy atom. The minimum atomic E-state index is -0.700. The van der Waals surface area contributed by atoms with E-state index in [1.807, 2.05) is 24.3 Å². The van der Waals surface area contributed by atoms with Crippen LogP contribution in [0.1, 0.15) is 24.8 Å². The second-order valence-electron chi connectivity index (χ2n) is 7.28. The molecule has 0 bridgehead atoms. The highest BCUT2D eigenvalue weighted by Gasteiger charge is 2.37. The van der Waals surface area contributed by atoms with Gasteiger partial charge in [0.15, 0.2) is 0 Å². The molecule has 0 aromatic heterocycles. The largest absolute Gasteiger partial charge is 0.497 e. The fourth-order valence-corrected chi connectivity index (χ4v) is 3.72. The molecule has 27 heavy (non-hydrogen) atoms. The van der Waals surface area contributed by atoms with Gasteiger partial charge in [-0.15, -0.1) is 0 Å². The number of benzene rings is 1. The zero-order chi connectivity index (χ0) is 19.1. The third kappa shape index (κ3) is 5.82. The molecule has 7 heteroatoms. The molecule has 1 aromatic carbocycles. The van der Waals surface area contributed by atoms with Crippen LogP contribution in [0, 0.1) is 5.92 Å². The fourth-order valence-electron chi connectivity index (χ4n) is 3.72. The molecule has 2 fully saturated rings. The Morgan fingerprint density at radius 2 is 2.04 bits per heavy atom. The number of rotatable bonds is 7. The maximum absolute atomic E-state index is 12.2. The Morgan fingerprint density at radius 3 is 2.74 bits per heavy atom. The molecular weight excluding hydrogens is 348 g/mol. The van der Waals surface area contributed by atoms with E-state index < -0.39 is 18.3 Å². The molecule has 0 radical (unpaired) electrons. The first-order valence-electron chi connectivity index (χ1n) is 9.72. The van der Waals surface area contributed by atoms with Crippen molar-refractivity contribution in [2.75, 3.05) is 33.4 Å². The van der Waals surface area contributed by atoms with Crippen LogP contribution in [0.15, 0.2) is 24.3 Å². The zero-order valence-corrected chi connectivity index (χ0v) is 15.9. The summed E-state index contributed by atoms with van der Waals surface area (Å²) in [6.07, 6.45) is 1.97. The number of alkyl carbamates (subject to hydrolysis) is 1. The van der Waals surface area contributed by atoms with Crippen LogP contribution < -0.4 is 15.4 Å².